The minimum atomic E-state index is -0.549. The largest absolute Gasteiger partial charge is 0.370 e. The van der Waals surface area contributed by atoms with Gasteiger partial charge in [-0.25, -0.2) is 0 Å². The smallest absolute Gasteiger partial charge is 0.164 e. The van der Waals surface area contributed by atoms with Crippen molar-refractivity contribution in [2.45, 2.75) is 37.9 Å². The van der Waals surface area contributed by atoms with Crippen molar-refractivity contribution in [3.8, 4) is 0 Å². The van der Waals surface area contributed by atoms with Gasteiger partial charge < -0.3 is 18.9 Å². The van der Waals surface area contributed by atoms with Gasteiger partial charge in [-0.2, -0.15) is 0 Å². The fraction of sp³-hybridized carbons (Fsp3) is 0.727. The first-order valence-corrected chi connectivity index (χ1v) is 5.15. The zero-order chi connectivity index (χ0) is 10.9. The van der Waals surface area contributed by atoms with E-state index >= 15 is 0 Å². The van der Waals surface area contributed by atoms with Crippen LogP contribution in [0.1, 0.15) is 13.8 Å². The minimum Gasteiger partial charge on any atom is -0.370 e. The van der Waals surface area contributed by atoms with Crippen molar-refractivity contribution in [3.63, 3.8) is 0 Å². The molecule has 0 aromatic rings. The average molecular weight is 213 g/mol. The maximum atomic E-state index is 5.77. The molecule has 4 heteroatoms. The lowest BCUT2D eigenvalue weighted by atomic mass is 10.1. The molecule has 0 spiro atoms. The third kappa shape index (κ3) is 2.39. The van der Waals surface area contributed by atoms with E-state index in [2.05, 4.69) is 6.58 Å². The van der Waals surface area contributed by atoms with Crippen molar-refractivity contribution in [2.75, 3.05) is 13.2 Å². The van der Waals surface area contributed by atoms with Crippen LogP contribution in [0.5, 0.6) is 0 Å². The van der Waals surface area contributed by atoms with Crippen LogP contribution in [0.3, 0.4) is 0 Å². The fourth-order valence-electron chi connectivity index (χ4n) is 1.91. The quantitative estimate of drug-likeness (QED) is 0.661. The monoisotopic (exact) mass is 213 g/mol. The van der Waals surface area contributed by atoms with E-state index < -0.39 is 5.79 Å². The van der Waals surface area contributed by atoms with E-state index in [1.807, 2.05) is 13.8 Å². The van der Waals surface area contributed by atoms with Gasteiger partial charge in [0.25, 0.3) is 0 Å². The lowest BCUT2D eigenvalue weighted by Crippen LogP contribution is -2.44. The Bertz CT molecular complexity index is 239. The van der Waals surface area contributed by atoms with E-state index in [4.69, 9.17) is 18.9 Å². The lowest BCUT2D eigenvalue weighted by Gasteiger charge is -2.30. The van der Waals surface area contributed by atoms with Gasteiger partial charge in [0.05, 0.1) is 13.2 Å². The van der Waals surface area contributed by atoms with Gasteiger partial charge in [0, 0.05) is 0 Å². The predicted octanol–water partition coefficient (Wildman–Crippen LogP) is 1.27. The van der Waals surface area contributed by atoms with E-state index in [1.54, 1.807) is 12.7 Å². The molecule has 0 amide bonds. The molecule has 0 aromatic heterocycles. The molecule has 2 aliphatic heterocycles. The summed E-state index contributed by atoms with van der Waals surface area (Å²) in [5.74, 6) is -0.549. The lowest BCUT2D eigenvalue weighted by molar-refractivity contribution is -0.154. The third-order valence-electron chi connectivity index (χ3n) is 2.44. The highest BCUT2D eigenvalue weighted by atomic mass is 16.8. The molecule has 85 valence electrons. The summed E-state index contributed by atoms with van der Waals surface area (Å²) in [7, 11) is 0. The van der Waals surface area contributed by atoms with E-state index in [0.717, 1.165) is 0 Å². The van der Waals surface area contributed by atoms with Gasteiger partial charge in [-0.15, -0.1) is 6.58 Å². The maximum Gasteiger partial charge on any atom is 0.164 e. The van der Waals surface area contributed by atoms with Crippen molar-refractivity contribution in [3.05, 3.63) is 19.3 Å². The summed E-state index contributed by atoms with van der Waals surface area (Å²) in [5.41, 5.74) is 0. The second-order valence-corrected chi connectivity index (χ2v) is 4.19. The Morgan fingerprint density at radius 1 is 1.53 bits per heavy atom. The number of fused-ring (bicyclic) bond motifs is 1. The molecule has 3 atom stereocenters. The molecular formula is C11H17O4. The molecule has 0 saturated carbocycles. The Balaban J connectivity index is 1.98. The maximum absolute atomic E-state index is 5.77. The summed E-state index contributed by atoms with van der Waals surface area (Å²) in [4.78, 5) is 0. The molecule has 4 nitrogen and oxygen atoms in total. The van der Waals surface area contributed by atoms with Crippen LogP contribution in [-0.4, -0.2) is 37.3 Å². The Kier molecular flexibility index (Phi) is 3.11. The molecule has 2 fully saturated rings. The molecule has 1 radical (unpaired) electrons. The Morgan fingerprint density at radius 2 is 2.33 bits per heavy atom. The van der Waals surface area contributed by atoms with Crippen LogP contribution in [0.15, 0.2) is 12.7 Å². The van der Waals surface area contributed by atoms with Gasteiger partial charge in [0.1, 0.15) is 24.9 Å². The molecule has 2 saturated heterocycles. The number of ether oxygens (including phenoxy) is 4. The molecule has 2 rings (SSSR count). The molecular weight excluding hydrogens is 196 g/mol. The second kappa shape index (κ2) is 4.22. The molecule has 0 N–H and O–H groups in total. The van der Waals surface area contributed by atoms with Crippen LogP contribution in [0.2, 0.25) is 0 Å². The Morgan fingerprint density at radius 3 is 3.07 bits per heavy atom. The van der Waals surface area contributed by atoms with Crippen molar-refractivity contribution in [1.82, 2.24) is 0 Å². The van der Waals surface area contributed by atoms with E-state index in [9.17, 15) is 0 Å². The first-order valence-electron chi connectivity index (χ1n) is 5.15. The van der Waals surface area contributed by atoms with E-state index in [-0.39, 0.29) is 18.3 Å². The zero-order valence-electron chi connectivity index (χ0n) is 9.14. The Hall–Kier alpha value is -0.420. The van der Waals surface area contributed by atoms with Gasteiger partial charge in [-0.1, -0.05) is 6.08 Å². The molecule has 2 aliphatic rings. The molecule has 0 aliphatic carbocycles. The summed E-state index contributed by atoms with van der Waals surface area (Å²) in [5, 5.41) is 0. The highest BCUT2D eigenvalue weighted by Crippen LogP contribution is 2.34. The van der Waals surface area contributed by atoms with Crippen LogP contribution < -0.4 is 0 Å². The van der Waals surface area contributed by atoms with Gasteiger partial charge in [-0.05, 0) is 13.8 Å². The van der Waals surface area contributed by atoms with Crippen LogP contribution >= 0.6 is 0 Å². The number of rotatable bonds is 3. The minimum absolute atomic E-state index is 0.0418. The molecule has 0 bridgehead atoms. The molecule has 15 heavy (non-hydrogen) atoms. The third-order valence-corrected chi connectivity index (χ3v) is 2.44. The van der Waals surface area contributed by atoms with Gasteiger partial charge in [0.15, 0.2) is 5.79 Å². The highest BCUT2D eigenvalue weighted by molar-refractivity contribution is 4.95. The van der Waals surface area contributed by atoms with Crippen molar-refractivity contribution < 1.29 is 18.9 Å². The van der Waals surface area contributed by atoms with E-state index in [0.29, 0.717) is 13.2 Å². The first-order chi connectivity index (χ1) is 7.12. The topological polar surface area (TPSA) is 36.9 Å². The van der Waals surface area contributed by atoms with Gasteiger partial charge in [0.2, 0.25) is 0 Å². The standard InChI is InChI=1S/C11H17O4/c1-4-5-13-8-6-12-7-9-10(8)15-11(2,3)14-9/h4,6,8-10H,1,5,7H2,2-3H3/t8-,9-,10+/m1/s1. The van der Waals surface area contributed by atoms with Crippen LogP contribution in [0.4, 0.5) is 0 Å². The molecule has 0 aromatic carbocycles. The molecule has 0 unspecified atom stereocenters. The summed E-state index contributed by atoms with van der Waals surface area (Å²) < 4.78 is 22.3. The summed E-state index contributed by atoms with van der Waals surface area (Å²) in [6.07, 6.45) is 1.41. The van der Waals surface area contributed by atoms with Gasteiger partial charge in [-0.3, -0.25) is 0 Å². The SMILES string of the molecule is C=CCO[C@@H]1[CH]OC[C@H]2OC(C)(C)O[C@@H]12. The van der Waals surface area contributed by atoms with Crippen molar-refractivity contribution in [2.24, 2.45) is 0 Å². The highest BCUT2D eigenvalue weighted by Gasteiger charge is 2.48. The fourth-order valence-corrected chi connectivity index (χ4v) is 1.91. The zero-order valence-corrected chi connectivity index (χ0v) is 9.14. The summed E-state index contributed by atoms with van der Waals surface area (Å²) >= 11 is 0. The van der Waals surface area contributed by atoms with Crippen LogP contribution in [-0.2, 0) is 18.9 Å². The van der Waals surface area contributed by atoms with Crippen LogP contribution in [0.25, 0.3) is 0 Å². The van der Waals surface area contributed by atoms with Crippen molar-refractivity contribution in [1.29, 1.82) is 0 Å². The predicted molar refractivity (Wildman–Crippen MR) is 54.0 cm³/mol. The summed E-state index contributed by atoms with van der Waals surface area (Å²) in [6, 6.07) is 0. The van der Waals surface area contributed by atoms with Crippen molar-refractivity contribution >= 4 is 0 Å². The number of hydrogen-bond acceptors (Lipinski definition) is 4. The number of hydrogen-bond donors (Lipinski definition) is 0. The average Bonchev–Trinajstić information content (AvgIpc) is 2.49. The van der Waals surface area contributed by atoms with Gasteiger partial charge >= 0.3 is 0 Å². The normalized spacial score (nSPS) is 38.7. The second-order valence-electron chi connectivity index (χ2n) is 4.19. The Labute approximate surface area is 90.1 Å². The van der Waals surface area contributed by atoms with E-state index in [1.165, 1.54) is 0 Å². The van der Waals surface area contributed by atoms with Crippen LogP contribution in [0, 0.1) is 6.61 Å². The first kappa shape index (κ1) is 11.1. The summed E-state index contributed by atoms with van der Waals surface area (Å²) in [6.45, 7) is 10.1. The molecule has 2 heterocycles.